The largest absolute Gasteiger partial charge is 0.454 e. The van der Waals surface area contributed by atoms with Crippen molar-refractivity contribution in [1.29, 1.82) is 0 Å². The molecular weight excluding hydrogens is 464 g/mol. The van der Waals surface area contributed by atoms with Gasteiger partial charge in [0.15, 0.2) is 12.4 Å². The lowest BCUT2D eigenvalue weighted by Gasteiger charge is -2.29. The van der Waals surface area contributed by atoms with Crippen LogP contribution in [0.4, 0.5) is 5.69 Å². The monoisotopic (exact) mass is 490 g/mol. The number of anilines is 1. The van der Waals surface area contributed by atoms with Crippen LogP contribution in [0.1, 0.15) is 32.7 Å². The van der Waals surface area contributed by atoms with Gasteiger partial charge in [0, 0.05) is 31.1 Å². The minimum atomic E-state index is -3.39. The highest BCUT2D eigenvalue weighted by atomic mass is 32.2. The molecule has 10 heteroatoms. The Balaban J connectivity index is 1.67. The van der Waals surface area contributed by atoms with Crippen molar-refractivity contribution in [2.24, 2.45) is 0 Å². The SMILES string of the molecule is CN(C)C(=O)CSc1ccccc1C(=O)OCC(=O)c1ccc2c(c1)CCCN2S(C)(=O)=O. The van der Waals surface area contributed by atoms with Crippen LogP contribution in [0.2, 0.25) is 0 Å². The molecule has 0 bridgehead atoms. The highest BCUT2D eigenvalue weighted by Crippen LogP contribution is 2.30. The first-order chi connectivity index (χ1) is 15.6. The number of carbonyl (C=O) groups excluding carboxylic acids is 3. The zero-order valence-corrected chi connectivity index (χ0v) is 20.4. The normalized spacial score (nSPS) is 13.2. The maximum atomic E-state index is 12.7. The number of carbonyl (C=O) groups is 3. The summed E-state index contributed by atoms with van der Waals surface area (Å²) in [6.07, 6.45) is 2.49. The molecule has 0 saturated heterocycles. The third kappa shape index (κ3) is 6.14. The van der Waals surface area contributed by atoms with Crippen LogP contribution in [0.5, 0.6) is 0 Å². The summed E-state index contributed by atoms with van der Waals surface area (Å²) in [7, 11) is -0.0687. The molecule has 2 aromatic carbocycles. The number of ketones is 1. The molecule has 0 fully saturated rings. The van der Waals surface area contributed by atoms with Crippen LogP contribution < -0.4 is 4.31 Å². The molecule has 8 nitrogen and oxygen atoms in total. The zero-order chi connectivity index (χ0) is 24.2. The summed E-state index contributed by atoms with van der Waals surface area (Å²) >= 11 is 1.23. The van der Waals surface area contributed by atoms with Gasteiger partial charge in [-0.15, -0.1) is 11.8 Å². The molecule has 3 rings (SSSR count). The third-order valence-electron chi connectivity index (χ3n) is 5.17. The summed E-state index contributed by atoms with van der Waals surface area (Å²) in [6.45, 7) is -0.0304. The van der Waals surface area contributed by atoms with Crippen LogP contribution in [0.3, 0.4) is 0 Å². The van der Waals surface area contributed by atoms with Crippen molar-refractivity contribution >= 4 is 45.1 Å². The van der Waals surface area contributed by atoms with Crippen molar-refractivity contribution in [3.05, 3.63) is 59.2 Å². The summed E-state index contributed by atoms with van der Waals surface area (Å²) in [5, 5.41) is 0. The molecule has 0 saturated carbocycles. The molecule has 0 N–H and O–H groups in total. The summed E-state index contributed by atoms with van der Waals surface area (Å²) in [5.74, 6) is -0.934. The molecule has 0 unspecified atom stereocenters. The number of rotatable bonds is 8. The number of amides is 1. The number of fused-ring (bicyclic) bond motifs is 1. The number of benzene rings is 2. The van der Waals surface area contributed by atoms with E-state index >= 15 is 0 Å². The fraction of sp³-hybridized carbons (Fsp3) is 0.348. The van der Waals surface area contributed by atoms with Gasteiger partial charge in [-0.1, -0.05) is 12.1 Å². The second kappa shape index (κ2) is 10.4. The van der Waals surface area contributed by atoms with Gasteiger partial charge >= 0.3 is 5.97 Å². The van der Waals surface area contributed by atoms with Gasteiger partial charge in [0.05, 0.1) is 23.3 Å². The average Bonchev–Trinajstić information content (AvgIpc) is 2.79. The third-order valence-corrected chi connectivity index (χ3v) is 7.41. The Labute approximate surface area is 197 Å². The van der Waals surface area contributed by atoms with Gasteiger partial charge in [0.1, 0.15) is 0 Å². The molecule has 1 aliphatic heterocycles. The van der Waals surface area contributed by atoms with E-state index in [0.29, 0.717) is 35.5 Å². The van der Waals surface area contributed by atoms with Gasteiger partial charge in [0.25, 0.3) is 0 Å². The molecule has 0 aliphatic carbocycles. The fourth-order valence-corrected chi connectivity index (χ4v) is 5.42. The summed E-state index contributed by atoms with van der Waals surface area (Å²) in [4.78, 5) is 39.2. The highest BCUT2D eigenvalue weighted by Gasteiger charge is 2.25. The summed E-state index contributed by atoms with van der Waals surface area (Å²) < 4.78 is 30.6. The average molecular weight is 491 g/mol. The van der Waals surface area contributed by atoms with E-state index in [9.17, 15) is 22.8 Å². The Morgan fingerprint density at radius 1 is 1.12 bits per heavy atom. The van der Waals surface area contributed by atoms with Gasteiger partial charge in [-0.25, -0.2) is 13.2 Å². The molecule has 1 amide bonds. The van der Waals surface area contributed by atoms with E-state index in [4.69, 9.17) is 4.74 Å². The number of Topliss-reactive ketones (excluding diaryl/α,β-unsaturated/α-hetero) is 1. The number of hydrogen-bond acceptors (Lipinski definition) is 7. The van der Waals surface area contributed by atoms with E-state index in [1.54, 1.807) is 56.6 Å². The number of nitrogens with zero attached hydrogens (tertiary/aromatic N) is 2. The molecule has 0 aromatic heterocycles. The Kier molecular flexibility index (Phi) is 7.80. The molecule has 0 atom stereocenters. The molecule has 0 radical (unpaired) electrons. The van der Waals surface area contributed by atoms with Crippen LogP contribution in [0.25, 0.3) is 0 Å². The number of ether oxygens (including phenoxy) is 1. The van der Waals surface area contributed by atoms with Crippen molar-refractivity contribution < 1.29 is 27.5 Å². The van der Waals surface area contributed by atoms with E-state index < -0.39 is 22.6 Å². The van der Waals surface area contributed by atoms with E-state index in [-0.39, 0.29) is 23.0 Å². The van der Waals surface area contributed by atoms with Crippen molar-refractivity contribution in [2.45, 2.75) is 17.7 Å². The Hall–Kier alpha value is -2.85. The Bertz CT molecular complexity index is 1180. The molecule has 0 spiro atoms. The van der Waals surface area contributed by atoms with Gasteiger partial charge in [-0.3, -0.25) is 13.9 Å². The summed E-state index contributed by atoms with van der Waals surface area (Å²) in [5.41, 5.74) is 2.00. The number of esters is 1. The second-order valence-corrected chi connectivity index (χ2v) is 10.8. The zero-order valence-electron chi connectivity index (χ0n) is 18.7. The lowest BCUT2D eigenvalue weighted by Crippen LogP contribution is -2.34. The standard InChI is InChI=1S/C23H26N2O6S2/c1-24(2)22(27)15-32-21-9-5-4-8-18(21)23(28)31-14-20(26)17-10-11-19-16(13-17)7-6-12-25(19)33(3,29)30/h4-5,8-11,13H,6-7,12,14-15H2,1-3H3. The molecule has 176 valence electrons. The van der Waals surface area contributed by atoms with E-state index in [2.05, 4.69) is 0 Å². The number of sulfonamides is 1. The van der Waals surface area contributed by atoms with Crippen molar-refractivity contribution in [2.75, 3.05) is 43.6 Å². The maximum absolute atomic E-state index is 12.7. The van der Waals surface area contributed by atoms with Crippen LogP contribution in [-0.4, -0.2) is 70.2 Å². The Morgan fingerprint density at radius 3 is 2.55 bits per heavy atom. The summed E-state index contributed by atoms with van der Waals surface area (Å²) in [6, 6.07) is 11.6. The van der Waals surface area contributed by atoms with Crippen molar-refractivity contribution in [3.8, 4) is 0 Å². The van der Waals surface area contributed by atoms with Crippen LogP contribution >= 0.6 is 11.8 Å². The first-order valence-corrected chi connectivity index (χ1v) is 13.1. The minimum absolute atomic E-state index is 0.0832. The number of thioether (sulfide) groups is 1. The molecule has 33 heavy (non-hydrogen) atoms. The quantitative estimate of drug-likeness (QED) is 0.318. The number of hydrogen-bond donors (Lipinski definition) is 0. The maximum Gasteiger partial charge on any atom is 0.339 e. The molecular formula is C23H26N2O6S2. The smallest absolute Gasteiger partial charge is 0.339 e. The van der Waals surface area contributed by atoms with E-state index in [0.717, 1.165) is 11.8 Å². The van der Waals surface area contributed by atoms with Gasteiger partial charge < -0.3 is 9.64 Å². The predicted molar refractivity (Wildman–Crippen MR) is 127 cm³/mol. The molecule has 2 aromatic rings. The Morgan fingerprint density at radius 2 is 1.85 bits per heavy atom. The van der Waals surface area contributed by atoms with E-state index in [1.165, 1.54) is 21.0 Å². The van der Waals surface area contributed by atoms with Gasteiger partial charge in [0.2, 0.25) is 15.9 Å². The van der Waals surface area contributed by atoms with Crippen LogP contribution in [0, 0.1) is 0 Å². The lowest BCUT2D eigenvalue weighted by molar-refractivity contribution is -0.125. The number of aryl methyl sites for hydroxylation is 1. The molecule has 1 aliphatic rings. The van der Waals surface area contributed by atoms with E-state index in [1.807, 2.05) is 0 Å². The molecule has 1 heterocycles. The van der Waals surface area contributed by atoms with Crippen molar-refractivity contribution in [1.82, 2.24) is 4.90 Å². The first kappa shape index (κ1) is 24.8. The van der Waals surface area contributed by atoms with Crippen LogP contribution in [-0.2, 0) is 26.0 Å². The fourth-order valence-electron chi connectivity index (χ4n) is 3.40. The lowest BCUT2D eigenvalue weighted by atomic mass is 9.99. The minimum Gasteiger partial charge on any atom is -0.454 e. The predicted octanol–water partition coefficient (Wildman–Crippen LogP) is 2.62. The topological polar surface area (TPSA) is 101 Å². The second-order valence-electron chi connectivity index (χ2n) is 7.85. The first-order valence-electron chi connectivity index (χ1n) is 10.3. The highest BCUT2D eigenvalue weighted by molar-refractivity contribution is 8.00. The van der Waals surface area contributed by atoms with Crippen molar-refractivity contribution in [3.63, 3.8) is 0 Å². The van der Waals surface area contributed by atoms with Gasteiger partial charge in [-0.05, 0) is 48.7 Å². The van der Waals surface area contributed by atoms with Gasteiger partial charge in [-0.2, -0.15) is 0 Å². The van der Waals surface area contributed by atoms with Crippen LogP contribution in [0.15, 0.2) is 47.4 Å².